The van der Waals surface area contributed by atoms with Gasteiger partial charge in [-0.1, -0.05) is 12.1 Å². The van der Waals surface area contributed by atoms with E-state index in [1.54, 1.807) is 31.0 Å². The fourth-order valence-corrected chi connectivity index (χ4v) is 1.51. The van der Waals surface area contributed by atoms with Crippen molar-refractivity contribution in [1.82, 2.24) is 4.90 Å². The number of aliphatic hydroxyl groups is 1. The van der Waals surface area contributed by atoms with Gasteiger partial charge in [0.25, 0.3) is 0 Å². The first kappa shape index (κ1) is 13.6. The van der Waals surface area contributed by atoms with Crippen LogP contribution in [0.15, 0.2) is 24.3 Å². The molecule has 5 heteroatoms. The first-order valence-electron chi connectivity index (χ1n) is 5.40. The average Bonchev–Trinajstić information content (AvgIpc) is 2.19. The molecule has 0 aromatic heterocycles. The van der Waals surface area contributed by atoms with Crippen molar-refractivity contribution < 1.29 is 14.3 Å². The number of para-hydroxylation sites is 1. The van der Waals surface area contributed by atoms with Gasteiger partial charge in [-0.3, -0.25) is 9.69 Å². The van der Waals surface area contributed by atoms with Gasteiger partial charge in [0.05, 0.1) is 18.3 Å². The Labute approximate surface area is 100 Å². The maximum Gasteiger partial charge on any atom is 0.238 e. The van der Waals surface area contributed by atoms with Gasteiger partial charge in [-0.2, -0.15) is 0 Å². The van der Waals surface area contributed by atoms with Crippen molar-refractivity contribution in [2.24, 2.45) is 0 Å². The van der Waals surface area contributed by atoms with E-state index in [0.29, 0.717) is 6.54 Å². The molecule has 0 saturated carbocycles. The van der Waals surface area contributed by atoms with Gasteiger partial charge in [0, 0.05) is 6.54 Å². The molecule has 0 saturated heterocycles. The zero-order valence-corrected chi connectivity index (χ0v) is 9.98. The van der Waals surface area contributed by atoms with E-state index in [-0.39, 0.29) is 18.1 Å². The van der Waals surface area contributed by atoms with Crippen LogP contribution in [0.5, 0.6) is 0 Å². The van der Waals surface area contributed by atoms with Gasteiger partial charge in [0.2, 0.25) is 5.91 Å². The maximum absolute atomic E-state index is 13.2. The third-order valence-corrected chi connectivity index (χ3v) is 2.14. The van der Waals surface area contributed by atoms with Crippen molar-refractivity contribution in [1.29, 1.82) is 0 Å². The van der Waals surface area contributed by atoms with Crippen LogP contribution in [0.2, 0.25) is 0 Å². The fraction of sp³-hybridized carbons (Fsp3) is 0.417. The van der Waals surface area contributed by atoms with E-state index in [1.165, 1.54) is 12.1 Å². The molecule has 94 valence electrons. The van der Waals surface area contributed by atoms with E-state index in [2.05, 4.69) is 5.32 Å². The highest BCUT2D eigenvalue weighted by Gasteiger charge is 2.10. The molecule has 4 nitrogen and oxygen atoms in total. The van der Waals surface area contributed by atoms with Crippen LogP contribution < -0.4 is 5.32 Å². The molecule has 0 aliphatic heterocycles. The number of nitrogens with one attached hydrogen (secondary N) is 1. The maximum atomic E-state index is 13.2. The summed E-state index contributed by atoms with van der Waals surface area (Å²) in [6.45, 7) is 2.15. The van der Waals surface area contributed by atoms with E-state index >= 15 is 0 Å². The smallest absolute Gasteiger partial charge is 0.238 e. The molecule has 0 fully saturated rings. The number of benzene rings is 1. The van der Waals surface area contributed by atoms with Gasteiger partial charge in [-0.15, -0.1) is 0 Å². The quantitative estimate of drug-likeness (QED) is 0.809. The second-order valence-corrected chi connectivity index (χ2v) is 4.07. The van der Waals surface area contributed by atoms with Gasteiger partial charge in [-0.25, -0.2) is 4.39 Å². The predicted molar refractivity (Wildman–Crippen MR) is 64.2 cm³/mol. The van der Waals surface area contributed by atoms with Crippen LogP contribution in [0.3, 0.4) is 0 Å². The molecule has 1 unspecified atom stereocenters. The van der Waals surface area contributed by atoms with Crippen LogP contribution in [0.25, 0.3) is 0 Å². The SMILES string of the molecule is CC(O)CN(C)CC(=O)Nc1ccccc1F. The van der Waals surface area contributed by atoms with Gasteiger partial charge in [0.1, 0.15) is 5.82 Å². The summed E-state index contributed by atoms with van der Waals surface area (Å²) < 4.78 is 13.2. The molecular formula is C12H17FN2O2. The van der Waals surface area contributed by atoms with Crippen molar-refractivity contribution >= 4 is 11.6 Å². The van der Waals surface area contributed by atoms with E-state index in [9.17, 15) is 9.18 Å². The topological polar surface area (TPSA) is 52.6 Å². The van der Waals surface area contributed by atoms with Crippen LogP contribution in [0, 0.1) is 5.82 Å². The summed E-state index contributed by atoms with van der Waals surface area (Å²) in [6.07, 6.45) is -0.499. The molecule has 0 bridgehead atoms. The van der Waals surface area contributed by atoms with Crippen LogP contribution in [-0.2, 0) is 4.79 Å². The number of carbonyl (C=O) groups excluding carboxylic acids is 1. The van der Waals surface area contributed by atoms with Crippen molar-refractivity contribution in [3.05, 3.63) is 30.1 Å². The zero-order valence-electron chi connectivity index (χ0n) is 9.98. The zero-order chi connectivity index (χ0) is 12.8. The molecule has 1 aromatic rings. The molecular weight excluding hydrogens is 223 g/mol. The number of halogens is 1. The second kappa shape index (κ2) is 6.32. The lowest BCUT2D eigenvalue weighted by Gasteiger charge is -2.17. The molecule has 0 aliphatic carbocycles. The monoisotopic (exact) mass is 240 g/mol. The summed E-state index contributed by atoms with van der Waals surface area (Å²) in [5.74, 6) is -0.766. The fourth-order valence-electron chi connectivity index (χ4n) is 1.51. The highest BCUT2D eigenvalue weighted by Crippen LogP contribution is 2.11. The standard InChI is InChI=1S/C12H17FN2O2/c1-9(16)7-15(2)8-12(17)14-11-6-4-3-5-10(11)13/h3-6,9,16H,7-8H2,1-2H3,(H,14,17). The molecule has 1 aromatic carbocycles. The number of hydrogen-bond donors (Lipinski definition) is 2. The Balaban J connectivity index is 2.47. The lowest BCUT2D eigenvalue weighted by atomic mass is 10.3. The summed E-state index contributed by atoms with van der Waals surface area (Å²) in [5, 5.41) is 11.6. The molecule has 2 N–H and O–H groups in total. The summed E-state index contributed by atoms with van der Waals surface area (Å²) in [7, 11) is 1.72. The molecule has 1 atom stereocenters. The van der Waals surface area contributed by atoms with Gasteiger partial charge < -0.3 is 10.4 Å². The van der Waals surface area contributed by atoms with E-state index in [0.717, 1.165) is 0 Å². The number of aliphatic hydroxyl groups excluding tert-OH is 1. The Bertz CT molecular complexity index is 383. The minimum absolute atomic E-state index is 0.110. The summed E-state index contributed by atoms with van der Waals surface area (Å²) >= 11 is 0. The second-order valence-electron chi connectivity index (χ2n) is 4.07. The number of amides is 1. The normalized spacial score (nSPS) is 12.5. The minimum atomic E-state index is -0.499. The van der Waals surface area contributed by atoms with Crippen molar-refractivity contribution in [3.63, 3.8) is 0 Å². The Kier molecular flexibility index (Phi) is 5.06. The highest BCUT2D eigenvalue weighted by atomic mass is 19.1. The van der Waals surface area contributed by atoms with E-state index < -0.39 is 11.9 Å². The number of nitrogens with zero attached hydrogens (tertiary/aromatic N) is 1. The molecule has 0 radical (unpaired) electrons. The summed E-state index contributed by atoms with van der Waals surface area (Å²) in [5.41, 5.74) is 0.169. The lowest BCUT2D eigenvalue weighted by molar-refractivity contribution is -0.117. The Morgan fingerprint density at radius 1 is 1.53 bits per heavy atom. The first-order chi connectivity index (χ1) is 7.99. The van der Waals surface area contributed by atoms with Crippen LogP contribution in [0.4, 0.5) is 10.1 Å². The van der Waals surface area contributed by atoms with Crippen molar-refractivity contribution in [3.8, 4) is 0 Å². The van der Waals surface area contributed by atoms with E-state index in [1.807, 2.05) is 0 Å². The largest absolute Gasteiger partial charge is 0.392 e. The molecule has 17 heavy (non-hydrogen) atoms. The number of rotatable bonds is 5. The predicted octanol–water partition coefficient (Wildman–Crippen LogP) is 1.08. The van der Waals surface area contributed by atoms with Crippen molar-refractivity contribution in [2.45, 2.75) is 13.0 Å². The summed E-state index contributed by atoms with van der Waals surface area (Å²) in [6, 6.07) is 6.00. The third-order valence-electron chi connectivity index (χ3n) is 2.14. The van der Waals surface area contributed by atoms with Crippen LogP contribution >= 0.6 is 0 Å². The van der Waals surface area contributed by atoms with Gasteiger partial charge in [-0.05, 0) is 26.1 Å². The van der Waals surface area contributed by atoms with Crippen molar-refractivity contribution in [2.75, 3.05) is 25.5 Å². The molecule has 1 rings (SSSR count). The molecule has 0 heterocycles. The molecule has 0 spiro atoms. The number of likely N-dealkylation sites (N-methyl/N-ethyl adjacent to an activating group) is 1. The Hall–Kier alpha value is -1.46. The Morgan fingerprint density at radius 3 is 2.76 bits per heavy atom. The number of carbonyl (C=O) groups is 1. The van der Waals surface area contributed by atoms with Crippen LogP contribution in [0.1, 0.15) is 6.92 Å². The number of hydrogen-bond acceptors (Lipinski definition) is 3. The molecule has 1 amide bonds. The number of anilines is 1. The minimum Gasteiger partial charge on any atom is -0.392 e. The third kappa shape index (κ3) is 4.93. The van der Waals surface area contributed by atoms with Gasteiger partial charge >= 0.3 is 0 Å². The van der Waals surface area contributed by atoms with E-state index in [4.69, 9.17) is 5.11 Å². The van der Waals surface area contributed by atoms with Gasteiger partial charge in [0.15, 0.2) is 0 Å². The molecule has 0 aliphatic rings. The van der Waals surface area contributed by atoms with Crippen LogP contribution in [-0.4, -0.2) is 42.2 Å². The highest BCUT2D eigenvalue weighted by molar-refractivity contribution is 5.92. The summed E-state index contributed by atoms with van der Waals surface area (Å²) in [4.78, 5) is 13.2. The first-order valence-corrected chi connectivity index (χ1v) is 5.40. The lowest BCUT2D eigenvalue weighted by Crippen LogP contribution is -2.34. The Morgan fingerprint density at radius 2 is 2.18 bits per heavy atom. The average molecular weight is 240 g/mol.